The van der Waals surface area contributed by atoms with Gasteiger partial charge in [0.1, 0.15) is 5.02 Å². The number of carbonyl (C=O) groups excluding carboxylic acids is 1. The Morgan fingerprint density at radius 2 is 1.64 bits per heavy atom. The topological polar surface area (TPSA) is 71.3 Å². The summed E-state index contributed by atoms with van der Waals surface area (Å²) in [5.74, 6) is -0.0224. The summed E-state index contributed by atoms with van der Waals surface area (Å²) in [5.41, 5.74) is 1.51. The number of aromatic nitrogens is 3. The number of rotatable bonds is 3. The van der Waals surface area contributed by atoms with E-state index in [-0.39, 0.29) is 16.5 Å². The zero-order chi connectivity index (χ0) is 19.5. The average molecular weight is 396 g/mol. The minimum absolute atomic E-state index is 0.0224. The van der Waals surface area contributed by atoms with Crippen molar-refractivity contribution in [3.63, 3.8) is 0 Å². The fraction of sp³-hybridized carbons (Fsp3) is 0.200. The third kappa shape index (κ3) is 3.48. The first-order chi connectivity index (χ1) is 13.6. The van der Waals surface area contributed by atoms with E-state index in [2.05, 4.69) is 10.1 Å². The van der Waals surface area contributed by atoms with E-state index in [9.17, 15) is 9.59 Å². The van der Waals surface area contributed by atoms with Crippen LogP contribution in [0.4, 0.5) is 5.69 Å². The Morgan fingerprint density at radius 3 is 2.32 bits per heavy atom. The van der Waals surface area contributed by atoms with Gasteiger partial charge in [-0.05, 0) is 24.3 Å². The fourth-order valence-corrected chi connectivity index (χ4v) is 3.47. The maximum Gasteiger partial charge on any atom is 0.292 e. The molecule has 1 aliphatic heterocycles. The molecule has 0 spiro atoms. The molecular formula is C20H18ClN5O2. The maximum atomic E-state index is 12.7. The highest BCUT2D eigenvalue weighted by atomic mass is 35.5. The van der Waals surface area contributed by atoms with Crippen LogP contribution < -0.4 is 10.5 Å². The second-order valence-corrected chi connectivity index (χ2v) is 6.79. The van der Waals surface area contributed by atoms with E-state index >= 15 is 0 Å². The smallest absolute Gasteiger partial charge is 0.292 e. The van der Waals surface area contributed by atoms with E-state index in [1.54, 1.807) is 47.8 Å². The molecular weight excluding hydrogens is 378 g/mol. The molecule has 28 heavy (non-hydrogen) atoms. The van der Waals surface area contributed by atoms with Gasteiger partial charge in [-0.25, -0.2) is 0 Å². The van der Waals surface area contributed by atoms with Crippen molar-refractivity contribution in [2.75, 3.05) is 31.1 Å². The average Bonchev–Trinajstić information content (AvgIpc) is 2.76. The molecule has 0 aliphatic carbocycles. The Balaban J connectivity index is 1.50. The van der Waals surface area contributed by atoms with Gasteiger partial charge < -0.3 is 9.80 Å². The monoisotopic (exact) mass is 395 g/mol. The van der Waals surface area contributed by atoms with Crippen LogP contribution in [0.25, 0.3) is 5.69 Å². The minimum Gasteiger partial charge on any atom is -0.365 e. The Labute approximate surface area is 166 Å². The van der Waals surface area contributed by atoms with Crippen LogP contribution in [0.2, 0.25) is 5.02 Å². The Hall–Kier alpha value is -3.19. The highest BCUT2D eigenvalue weighted by Crippen LogP contribution is 2.23. The molecule has 0 radical (unpaired) electrons. The molecule has 1 saturated heterocycles. The van der Waals surface area contributed by atoms with Crippen LogP contribution in [0.3, 0.4) is 0 Å². The second-order valence-electron chi connectivity index (χ2n) is 6.41. The van der Waals surface area contributed by atoms with E-state index in [1.807, 2.05) is 23.1 Å². The molecule has 7 nitrogen and oxygen atoms in total. The Morgan fingerprint density at radius 1 is 0.964 bits per heavy atom. The third-order valence-electron chi connectivity index (χ3n) is 4.74. The zero-order valence-corrected chi connectivity index (χ0v) is 15.8. The Kier molecular flexibility index (Phi) is 5.08. The molecule has 8 heteroatoms. The van der Waals surface area contributed by atoms with Crippen LogP contribution in [0.5, 0.6) is 0 Å². The van der Waals surface area contributed by atoms with Gasteiger partial charge in [0.2, 0.25) is 0 Å². The van der Waals surface area contributed by atoms with E-state index in [0.29, 0.717) is 43.1 Å². The summed E-state index contributed by atoms with van der Waals surface area (Å²) in [6.45, 7) is 2.23. The molecule has 3 aromatic rings. The molecule has 1 aliphatic rings. The van der Waals surface area contributed by atoms with Crippen molar-refractivity contribution in [2.45, 2.75) is 0 Å². The largest absolute Gasteiger partial charge is 0.365 e. The predicted octanol–water partition coefficient (Wildman–Crippen LogP) is 2.24. The molecule has 2 aromatic heterocycles. The Bertz CT molecular complexity index is 1030. The molecule has 1 fully saturated rings. The molecule has 1 amide bonds. The van der Waals surface area contributed by atoms with Gasteiger partial charge >= 0.3 is 0 Å². The summed E-state index contributed by atoms with van der Waals surface area (Å²) >= 11 is 6.37. The number of halogens is 1. The molecule has 0 saturated carbocycles. The molecule has 0 unspecified atom stereocenters. The summed E-state index contributed by atoms with van der Waals surface area (Å²) in [6.07, 6.45) is 4.82. The van der Waals surface area contributed by atoms with Gasteiger partial charge in [0, 0.05) is 44.1 Å². The van der Waals surface area contributed by atoms with Crippen LogP contribution >= 0.6 is 11.6 Å². The van der Waals surface area contributed by atoms with E-state index < -0.39 is 0 Å². The number of piperazine rings is 1. The van der Waals surface area contributed by atoms with E-state index in [1.165, 1.54) is 4.68 Å². The maximum absolute atomic E-state index is 12.7. The lowest BCUT2D eigenvalue weighted by atomic mass is 10.2. The minimum atomic E-state index is -0.361. The number of para-hydroxylation sites is 1. The number of anilines is 1. The van der Waals surface area contributed by atoms with Crippen molar-refractivity contribution in [3.8, 4) is 5.69 Å². The standard InChI is InChI=1S/C20H18ClN5O2/c21-18-17(14-23-26(20(18)28)16-4-2-1-3-5-16)24-10-12-25(13-11-24)19(27)15-6-8-22-9-7-15/h1-9,14H,10-13H2. The molecule has 3 heterocycles. The van der Waals surface area contributed by atoms with Crippen LogP contribution in [-0.4, -0.2) is 51.8 Å². The van der Waals surface area contributed by atoms with E-state index in [0.717, 1.165) is 0 Å². The number of carbonyl (C=O) groups is 1. The number of amides is 1. The van der Waals surface area contributed by atoms with Gasteiger partial charge in [-0.1, -0.05) is 29.8 Å². The highest BCUT2D eigenvalue weighted by Gasteiger charge is 2.24. The SMILES string of the molecule is O=C(c1ccncc1)N1CCN(c2cnn(-c3ccccc3)c(=O)c2Cl)CC1. The first-order valence-corrected chi connectivity index (χ1v) is 9.30. The summed E-state index contributed by atoms with van der Waals surface area (Å²) in [5, 5.41) is 4.41. The van der Waals surface area contributed by atoms with Gasteiger partial charge in [0.15, 0.2) is 0 Å². The quantitative estimate of drug-likeness (QED) is 0.680. The zero-order valence-electron chi connectivity index (χ0n) is 15.0. The molecule has 0 bridgehead atoms. The van der Waals surface area contributed by atoms with Gasteiger partial charge in [-0.15, -0.1) is 0 Å². The van der Waals surface area contributed by atoms with Crippen molar-refractivity contribution < 1.29 is 4.79 Å². The first kappa shape index (κ1) is 18.2. The predicted molar refractivity (Wildman–Crippen MR) is 107 cm³/mol. The summed E-state index contributed by atoms with van der Waals surface area (Å²) in [7, 11) is 0. The normalized spacial score (nSPS) is 14.2. The van der Waals surface area contributed by atoms with Crippen LogP contribution in [-0.2, 0) is 0 Å². The summed E-state index contributed by atoms with van der Waals surface area (Å²) < 4.78 is 1.29. The molecule has 0 atom stereocenters. The number of nitrogens with zero attached hydrogens (tertiary/aromatic N) is 5. The highest BCUT2D eigenvalue weighted by molar-refractivity contribution is 6.33. The lowest BCUT2D eigenvalue weighted by Crippen LogP contribution is -2.49. The molecule has 1 aromatic carbocycles. The summed E-state index contributed by atoms with van der Waals surface area (Å²) in [4.78, 5) is 32.9. The van der Waals surface area contributed by atoms with Crippen molar-refractivity contribution in [1.29, 1.82) is 0 Å². The van der Waals surface area contributed by atoms with Crippen molar-refractivity contribution in [1.82, 2.24) is 19.7 Å². The van der Waals surface area contributed by atoms with Crippen LogP contribution in [0.15, 0.2) is 65.8 Å². The van der Waals surface area contributed by atoms with Gasteiger partial charge in [-0.2, -0.15) is 9.78 Å². The van der Waals surface area contributed by atoms with Gasteiger partial charge in [0.05, 0.1) is 17.6 Å². The van der Waals surface area contributed by atoms with Gasteiger partial charge in [0.25, 0.3) is 11.5 Å². The van der Waals surface area contributed by atoms with E-state index in [4.69, 9.17) is 11.6 Å². The summed E-state index contributed by atoms with van der Waals surface area (Å²) in [6, 6.07) is 12.6. The lowest BCUT2D eigenvalue weighted by molar-refractivity contribution is 0.0746. The van der Waals surface area contributed by atoms with Crippen LogP contribution in [0, 0.1) is 0 Å². The fourth-order valence-electron chi connectivity index (χ4n) is 3.23. The number of hydrogen-bond acceptors (Lipinski definition) is 5. The van der Waals surface area contributed by atoms with Crippen LogP contribution in [0.1, 0.15) is 10.4 Å². The van der Waals surface area contributed by atoms with Crippen molar-refractivity contribution in [3.05, 3.63) is 82.0 Å². The van der Waals surface area contributed by atoms with Crippen molar-refractivity contribution >= 4 is 23.2 Å². The number of hydrogen-bond donors (Lipinski definition) is 0. The molecule has 142 valence electrons. The first-order valence-electron chi connectivity index (χ1n) is 8.92. The lowest BCUT2D eigenvalue weighted by Gasteiger charge is -2.36. The van der Waals surface area contributed by atoms with Crippen molar-refractivity contribution in [2.24, 2.45) is 0 Å². The number of pyridine rings is 1. The van der Waals surface area contributed by atoms with Gasteiger partial charge in [-0.3, -0.25) is 14.6 Å². The second kappa shape index (κ2) is 7.82. The third-order valence-corrected chi connectivity index (χ3v) is 5.09. The molecule has 0 N–H and O–H groups in total. The molecule has 4 rings (SSSR count). The number of benzene rings is 1.